The topological polar surface area (TPSA) is 72.7 Å². The van der Waals surface area contributed by atoms with Gasteiger partial charge >= 0.3 is 0 Å². The van der Waals surface area contributed by atoms with Crippen molar-refractivity contribution in [2.24, 2.45) is 13.0 Å². The molecule has 0 spiro atoms. The summed E-state index contributed by atoms with van der Waals surface area (Å²) >= 11 is 2.86. The molecule has 30 heavy (non-hydrogen) atoms. The number of nitrogens with one attached hydrogen (secondary N) is 1. The predicted octanol–water partition coefficient (Wildman–Crippen LogP) is 5.10. The fourth-order valence-electron chi connectivity index (χ4n) is 3.77. The highest BCUT2D eigenvalue weighted by Gasteiger charge is 2.18. The van der Waals surface area contributed by atoms with Crippen LogP contribution >= 0.6 is 23.1 Å². The van der Waals surface area contributed by atoms with Crippen LogP contribution in [0.3, 0.4) is 0 Å². The lowest BCUT2D eigenvalue weighted by atomic mass is 9.87. The molecule has 1 aliphatic carbocycles. The predicted molar refractivity (Wildman–Crippen MR) is 123 cm³/mol. The third-order valence-corrected chi connectivity index (χ3v) is 7.33. The Balaban J connectivity index is 1.29. The van der Waals surface area contributed by atoms with Gasteiger partial charge in [-0.3, -0.25) is 4.79 Å². The van der Waals surface area contributed by atoms with Crippen molar-refractivity contribution in [2.45, 2.75) is 50.6 Å². The highest BCUT2D eigenvalue weighted by atomic mass is 32.2. The second-order valence-electron chi connectivity index (χ2n) is 7.91. The van der Waals surface area contributed by atoms with Gasteiger partial charge in [0, 0.05) is 24.4 Å². The lowest BCUT2D eigenvalue weighted by molar-refractivity contribution is -0.113. The minimum Gasteiger partial charge on any atom is -0.309 e. The highest BCUT2D eigenvalue weighted by Crippen LogP contribution is 2.28. The minimum atomic E-state index is -0.0818. The molecule has 1 aliphatic rings. The number of aromatic nitrogens is 4. The minimum absolute atomic E-state index is 0.0818. The molecule has 6 nitrogen and oxygen atoms in total. The van der Waals surface area contributed by atoms with Crippen molar-refractivity contribution in [3.8, 4) is 11.3 Å². The average molecular weight is 442 g/mol. The molecule has 3 aromatic rings. The van der Waals surface area contributed by atoms with Crippen molar-refractivity contribution in [3.05, 3.63) is 41.0 Å². The number of nitrogens with zero attached hydrogens (tertiary/aromatic N) is 4. The molecule has 0 aliphatic heterocycles. The molecular formula is C22H27N5OS2. The Kier molecular flexibility index (Phi) is 6.84. The van der Waals surface area contributed by atoms with E-state index < -0.39 is 0 Å². The Labute approximate surface area is 185 Å². The van der Waals surface area contributed by atoms with Gasteiger partial charge in [-0.05, 0) is 12.8 Å². The molecule has 4 rings (SSSR count). The summed E-state index contributed by atoms with van der Waals surface area (Å²) in [6.45, 7) is 2.06. The maximum atomic E-state index is 12.4. The lowest BCUT2D eigenvalue weighted by Crippen LogP contribution is -2.15. The van der Waals surface area contributed by atoms with Gasteiger partial charge in [-0.2, -0.15) is 0 Å². The number of carbonyl (C=O) groups excluding carboxylic acids is 1. The third kappa shape index (κ3) is 5.29. The van der Waals surface area contributed by atoms with Gasteiger partial charge in [0.2, 0.25) is 5.91 Å². The maximum absolute atomic E-state index is 12.4. The second-order valence-corrected chi connectivity index (χ2v) is 9.71. The first-order valence-electron chi connectivity index (χ1n) is 10.4. The average Bonchev–Trinajstić information content (AvgIpc) is 3.35. The van der Waals surface area contributed by atoms with E-state index in [2.05, 4.69) is 39.6 Å². The number of hydrogen-bond acceptors (Lipinski definition) is 6. The van der Waals surface area contributed by atoms with Crippen molar-refractivity contribution < 1.29 is 4.79 Å². The zero-order valence-electron chi connectivity index (χ0n) is 17.4. The molecule has 0 saturated heterocycles. The number of rotatable bonds is 7. The molecule has 2 heterocycles. The summed E-state index contributed by atoms with van der Waals surface area (Å²) in [6.07, 6.45) is 7.57. The quantitative estimate of drug-likeness (QED) is 0.516. The molecule has 1 amide bonds. The van der Waals surface area contributed by atoms with Crippen LogP contribution in [0.2, 0.25) is 0 Å². The summed E-state index contributed by atoms with van der Waals surface area (Å²) in [7, 11) is 1.99. The van der Waals surface area contributed by atoms with E-state index in [4.69, 9.17) is 0 Å². The van der Waals surface area contributed by atoms with Crippen LogP contribution in [0.5, 0.6) is 0 Å². The van der Waals surface area contributed by atoms with E-state index in [1.54, 1.807) is 0 Å². The maximum Gasteiger partial charge on any atom is 0.236 e. The smallest absolute Gasteiger partial charge is 0.236 e. The first kappa shape index (κ1) is 21.1. The van der Waals surface area contributed by atoms with Gasteiger partial charge < -0.3 is 9.88 Å². The van der Waals surface area contributed by atoms with Gasteiger partial charge in [0.25, 0.3) is 0 Å². The van der Waals surface area contributed by atoms with E-state index in [9.17, 15) is 4.79 Å². The van der Waals surface area contributed by atoms with Gasteiger partial charge in [-0.15, -0.1) is 21.5 Å². The van der Waals surface area contributed by atoms with E-state index in [0.29, 0.717) is 5.13 Å². The van der Waals surface area contributed by atoms with Crippen LogP contribution < -0.4 is 5.32 Å². The lowest BCUT2D eigenvalue weighted by Gasteiger charge is -2.20. The molecule has 8 heteroatoms. The SMILES string of the molecule is Cc1ccc(-c2csc(NC(=O)CSc3nnc(CC4CCCCC4)n3C)n2)cc1. The Morgan fingerprint density at radius 2 is 1.97 bits per heavy atom. The van der Waals surface area contributed by atoms with Crippen LogP contribution in [0.4, 0.5) is 5.13 Å². The van der Waals surface area contributed by atoms with E-state index >= 15 is 0 Å². The molecule has 1 aromatic carbocycles. The first-order valence-corrected chi connectivity index (χ1v) is 12.3. The summed E-state index contributed by atoms with van der Waals surface area (Å²) in [5.41, 5.74) is 3.14. The zero-order chi connectivity index (χ0) is 20.9. The molecule has 1 saturated carbocycles. The summed E-state index contributed by atoms with van der Waals surface area (Å²) in [5, 5.41) is 14.9. The zero-order valence-corrected chi connectivity index (χ0v) is 19.1. The van der Waals surface area contributed by atoms with E-state index in [1.165, 1.54) is 60.8 Å². The van der Waals surface area contributed by atoms with E-state index in [1.807, 2.05) is 29.1 Å². The molecular weight excluding hydrogens is 414 g/mol. The molecule has 0 bridgehead atoms. The number of benzene rings is 1. The van der Waals surface area contributed by atoms with Crippen molar-refractivity contribution in [3.63, 3.8) is 0 Å². The monoisotopic (exact) mass is 441 g/mol. The fourth-order valence-corrected chi connectivity index (χ4v) is 5.24. The number of anilines is 1. The summed E-state index contributed by atoms with van der Waals surface area (Å²) in [6, 6.07) is 8.22. The van der Waals surface area contributed by atoms with Gasteiger partial charge in [-0.25, -0.2) is 4.98 Å². The van der Waals surface area contributed by atoms with Gasteiger partial charge in [0.1, 0.15) is 5.82 Å². The highest BCUT2D eigenvalue weighted by molar-refractivity contribution is 7.99. The summed E-state index contributed by atoms with van der Waals surface area (Å²) in [4.78, 5) is 16.9. The number of amides is 1. The van der Waals surface area contributed by atoms with Gasteiger partial charge in [0.05, 0.1) is 11.4 Å². The second kappa shape index (κ2) is 9.75. The number of aryl methyl sites for hydroxylation is 1. The molecule has 2 aromatic heterocycles. The molecule has 0 unspecified atom stereocenters. The Morgan fingerprint density at radius 1 is 1.20 bits per heavy atom. The molecule has 0 radical (unpaired) electrons. The van der Waals surface area contributed by atoms with E-state index in [-0.39, 0.29) is 11.7 Å². The largest absolute Gasteiger partial charge is 0.309 e. The fraction of sp³-hybridized carbons (Fsp3) is 0.455. The van der Waals surface area contributed by atoms with Crippen molar-refractivity contribution in [1.29, 1.82) is 0 Å². The van der Waals surface area contributed by atoms with Crippen LogP contribution in [-0.4, -0.2) is 31.4 Å². The Morgan fingerprint density at radius 3 is 2.73 bits per heavy atom. The summed E-state index contributed by atoms with van der Waals surface area (Å²) < 4.78 is 2.03. The number of carbonyl (C=O) groups is 1. The normalized spacial score (nSPS) is 14.7. The number of thioether (sulfide) groups is 1. The Bertz CT molecular complexity index is 989. The van der Waals surface area contributed by atoms with E-state index in [0.717, 1.165) is 34.6 Å². The Hall–Kier alpha value is -2.19. The van der Waals surface area contributed by atoms with Gasteiger partial charge in [-0.1, -0.05) is 73.7 Å². The molecule has 158 valence electrons. The van der Waals surface area contributed by atoms with Crippen LogP contribution in [0.1, 0.15) is 43.5 Å². The first-order chi connectivity index (χ1) is 14.6. The molecule has 1 fully saturated rings. The molecule has 1 N–H and O–H groups in total. The van der Waals surface area contributed by atoms with Crippen molar-refractivity contribution >= 4 is 34.1 Å². The third-order valence-electron chi connectivity index (χ3n) is 5.55. The standard InChI is InChI=1S/C22H27N5OS2/c1-15-8-10-17(11-9-15)18-13-29-21(23-18)24-20(28)14-30-22-26-25-19(27(22)2)12-16-6-4-3-5-7-16/h8-11,13,16H,3-7,12,14H2,1-2H3,(H,23,24,28). The van der Waals surface area contributed by atoms with Crippen molar-refractivity contribution in [1.82, 2.24) is 19.7 Å². The van der Waals surface area contributed by atoms with Crippen LogP contribution in [0.25, 0.3) is 11.3 Å². The van der Waals surface area contributed by atoms with Crippen molar-refractivity contribution in [2.75, 3.05) is 11.1 Å². The molecule has 0 atom stereocenters. The van der Waals surface area contributed by atoms with Crippen LogP contribution in [0.15, 0.2) is 34.8 Å². The van der Waals surface area contributed by atoms with Crippen LogP contribution in [-0.2, 0) is 18.3 Å². The summed E-state index contributed by atoms with van der Waals surface area (Å²) in [5.74, 6) is 1.94. The van der Waals surface area contributed by atoms with Gasteiger partial charge in [0.15, 0.2) is 10.3 Å². The van der Waals surface area contributed by atoms with Crippen LogP contribution in [0, 0.1) is 12.8 Å². The number of thiazole rings is 1. The number of hydrogen-bond donors (Lipinski definition) is 1.